The first-order valence-electron chi connectivity index (χ1n) is 10.8. The molecule has 11 heteroatoms. The number of hydrogen-bond donors (Lipinski definition) is 1. The molecule has 2 aromatic carbocycles. The molecule has 5 rings (SSSR count). The van der Waals surface area contributed by atoms with Crippen LogP contribution in [0.3, 0.4) is 0 Å². The van der Waals surface area contributed by atoms with Gasteiger partial charge in [0.05, 0.1) is 34.7 Å². The first kappa shape index (κ1) is 24.9. The SMILES string of the molecule is Cc1sc(-c2ccccc2)nc1C1C(c2nc(-c3ccccc3)sc2CO)C(F)(F)C(F)(F)C1(F)F. The Bertz CT molecular complexity index is 1390. The molecule has 1 N–H and O–H groups in total. The molecule has 1 aliphatic carbocycles. The minimum Gasteiger partial charge on any atom is -0.391 e. The van der Waals surface area contributed by atoms with E-state index in [1.54, 1.807) is 60.7 Å². The van der Waals surface area contributed by atoms with Gasteiger partial charge in [0.1, 0.15) is 10.0 Å². The molecule has 36 heavy (non-hydrogen) atoms. The molecule has 1 saturated carbocycles. The van der Waals surface area contributed by atoms with Crippen LogP contribution in [0.15, 0.2) is 60.7 Å². The predicted molar refractivity (Wildman–Crippen MR) is 126 cm³/mol. The average molecular weight is 541 g/mol. The van der Waals surface area contributed by atoms with Crippen LogP contribution in [-0.4, -0.2) is 32.8 Å². The number of aryl methyl sites for hydroxylation is 1. The Balaban J connectivity index is 1.71. The van der Waals surface area contributed by atoms with Gasteiger partial charge in [-0.2, -0.15) is 26.3 Å². The van der Waals surface area contributed by atoms with E-state index in [1.165, 1.54) is 6.92 Å². The quantitative estimate of drug-likeness (QED) is 0.266. The van der Waals surface area contributed by atoms with E-state index in [0.717, 1.165) is 22.7 Å². The number of thiazole rings is 2. The summed E-state index contributed by atoms with van der Waals surface area (Å²) < 4.78 is 90.8. The lowest BCUT2D eigenvalue weighted by Crippen LogP contribution is -2.48. The summed E-state index contributed by atoms with van der Waals surface area (Å²) in [4.78, 5) is 8.24. The molecule has 0 aliphatic heterocycles. The maximum atomic E-state index is 15.3. The van der Waals surface area contributed by atoms with Gasteiger partial charge in [0.15, 0.2) is 0 Å². The van der Waals surface area contributed by atoms with Gasteiger partial charge in [-0.1, -0.05) is 60.7 Å². The number of hydrogen-bond acceptors (Lipinski definition) is 5. The average Bonchev–Trinajstić information content (AvgIpc) is 3.48. The first-order valence-corrected chi connectivity index (χ1v) is 12.5. The second-order valence-electron chi connectivity index (χ2n) is 8.45. The highest BCUT2D eigenvalue weighted by atomic mass is 32.1. The molecular formula is C25H18F6N2OS2. The minimum absolute atomic E-state index is 0.126. The van der Waals surface area contributed by atoms with Crippen molar-refractivity contribution in [3.63, 3.8) is 0 Å². The molecular weight excluding hydrogens is 522 g/mol. The summed E-state index contributed by atoms with van der Waals surface area (Å²) in [5.74, 6) is -21.3. The van der Waals surface area contributed by atoms with Crippen LogP contribution in [0.2, 0.25) is 0 Å². The minimum atomic E-state index is -5.67. The fourth-order valence-electron chi connectivity index (χ4n) is 4.52. The molecule has 4 aromatic rings. The molecule has 0 saturated heterocycles. The molecule has 1 fully saturated rings. The molecule has 2 aromatic heterocycles. The molecule has 2 unspecified atom stereocenters. The third-order valence-corrected chi connectivity index (χ3v) is 8.43. The van der Waals surface area contributed by atoms with Crippen molar-refractivity contribution >= 4 is 22.7 Å². The Hall–Kier alpha value is -2.76. The van der Waals surface area contributed by atoms with Crippen molar-refractivity contribution in [3.8, 4) is 21.1 Å². The fraction of sp³-hybridized carbons (Fsp3) is 0.280. The number of aromatic nitrogens is 2. The second kappa shape index (κ2) is 8.67. The van der Waals surface area contributed by atoms with Gasteiger partial charge in [-0.15, -0.1) is 22.7 Å². The number of aliphatic hydroxyl groups excluding tert-OH is 1. The zero-order chi connectivity index (χ0) is 25.9. The molecule has 0 spiro atoms. The van der Waals surface area contributed by atoms with E-state index in [9.17, 15) is 13.9 Å². The van der Waals surface area contributed by atoms with Crippen molar-refractivity contribution in [2.24, 2.45) is 0 Å². The van der Waals surface area contributed by atoms with Gasteiger partial charge in [0.25, 0.3) is 0 Å². The second-order valence-corrected chi connectivity index (χ2v) is 10.7. The lowest BCUT2D eigenvalue weighted by molar-refractivity contribution is -0.275. The van der Waals surface area contributed by atoms with Crippen molar-refractivity contribution in [3.05, 3.63) is 81.8 Å². The number of alkyl halides is 6. The fourth-order valence-corrected chi connectivity index (χ4v) is 6.45. The number of rotatable bonds is 5. The van der Waals surface area contributed by atoms with Crippen LogP contribution in [0, 0.1) is 6.92 Å². The molecule has 0 amide bonds. The van der Waals surface area contributed by atoms with Crippen molar-refractivity contribution in [1.29, 1.82) is 0 Å². The Morgan fingerprint density at radius 2 is 1.17 bits per heavy atom. The molecule has 2 atom stereocenters. The standard InChI is InChI=1S/C25H18F6N2OS2/c1-13-19(32-21(35-13)14-8-4-2-5-9-14)17-18(24(28,29)25(30,31)23(17,26)27)20-16(12-34)36-22(33-20)15-10-6-3-7-11-15/h2-11,17-18,34H,12H2,1H3. The Morgan fingerprint density at radius 3 is 1.67 bits per heavy atom. The van der Waals surface area contributed by atoms with E-state index in [2.05, 4.69) is 9.97 Å². The van der Waals surface area contributed by atoms with Gasteiger partial charge in [0, 0.05) is 16.0 Å². The van der Waals surface area contributed by atoms with Gasteiger partial charge in [-0.3, -0.25) is 0 Å². The Labute approximate surface area is 210 Å². The predicted octanol–water partition coefficient (Wildman–Crippen LogP) is 7.52. The summed E-state index contributed by atoms with van der Waals surface area (Å²) >= 11 is 1.77. The van der Waals surface area contributed by atoms with Crippen molar-refractivity contribution in [1.82, 2.24) is 9.97 Å². The molecule has 188 valence electrons. The van der Waals surface area contributed by atoms with Crippen LogP contribution in [-0.2, 0) is 6.61 Å². The number of aliphatic hydroxyl groups is 1. The lowest BCUT2D eigenvalue weighted by atomic mass is 9.86. The van der Waals surface area contributed by atoms with E-state index in [-0.39, 0.29) is 19.8 Å². The van der Waals surface area contributed by atoms with Gasteiger partial charge < -0.3 is 5.11 Å². The molecule has 0 bridgehead atoms. The number of nitrogens with zero attached hydrogens (tertiary/aromatic N) is 2. The zero-order valence-corrected chi connectivity index (χ0v) is 20.2. The summed E-state index contributed by atoms with van der Waals surface area (Å²) in [6, 6.07) is 16.7. The van der Waals surface area contributed by atoms with Crippen LogP contribution in [0.25, 0.3) is 21.1 Å². The monoisotopic (exact) mass is 540 g/mol. The summed E-state index contributed by atoms with van der Waals surface area (Å²) in [6.45, 7) is 0.576. The van der Waals surface area contributed by atoms with E-state index in [1.807, 2.05) is 0 Å². The maximum absolute atomic E-state index is 15.3. The first-order chi connectivity index (χ1) is 17.0. The molecule has 3 nitrogen and oxygen atoms in total. The molecule has 1 aliphatic rings. The summed E-state index contributed by atoms with van der Waals surface area (Å²) in [5, 5.41) is 10.3. The third-order valence-electron chi connectivity index (χ3n) is 6.29. The van der Waals surface area contributed by atoms with Gasteiger partial charge in [0.2, 0.25) is 0 Å². The van der Waals surface area contributed by atoms with Crippen molar-refractivity contribution in [2.75, 3.05) is 0 Å². The van der Waals surface area contributed by atoms with E-state index < -0.39 is 47.6 Å². The van der Waals surface area contributed by atoms with E-state index >= 15 is 17.6 Å². The van der Waals surface area contributed by atoms with Gasteiger partial charge in [-0.05, 0) is 6.92 Å². The number of halogens is 6. The highest BCUT2D eigenvalue weighted by Gasteiger charge is 2.86. The van der Waals surface area contributed by atoms with Crippen LogP contribution in [0.5, 0.6) is 0 Å². The van der Waals surface area contributed by atoms with Crippen LogP contribution >= 0.6 is 22.7 Å². The van der Waals surface area contributed by atoms with Gasteiger partial charge >= 0.3 is 17.8 Å². The lowest BCUT2D eigenvalue weighted by Gasteiger charge is -2.24. The maximum Gasteiger partial charge on any atom is 0.373 e. The Morgan fingerprint density at radius 1 is 0.722 bits per heavy atom. The smallest absolute Gasteiger partial charge is 0.373 e. The Kier molecular flexibility index (Phi) is 6.00. The summed E-state index contributed by atoms with van der Waals surface area (Å²) in [7, 11) is 0. The van der Waals surface area contributed by atoms with Gasteiger partial charge in [-0.25, -0.2) is 9.97 Å². The van der Waals surface area contributed by atoms with Crippen LogP contribution in [0.1, 0.15) is 33.0 Å². The highest BCUT2D eigenvalue weighted by molar-refractivity contribution is 7.15. The topological polar surface area (TPSA) is 46.0 Å². The van der Waals surface area contributed by atoms with Crippen LogP contribution in [0.4, 0.5) is 26.3 Å². The summed E-state index contributed by atoms with van der Waals surface area (Å²) in [5.41, 5.74) is -0.161. The van der Waals surface area contributed by atoms with Crippen LogP contribution < -0.4 is 0 Å². The van der Waals surface area contributed by atoms with Crippen molar-refractivity contribution in [2.45, 2.75) is 43.1 Å². The zero-order valence-electron chi connectivity index (χ0n) is 18.6. The third kappa shape index (κ3) is 3.59. The highest BCUT2D eigenvalue weighted by Crippen LogP contribution is 2.69. The van der Waals surface area contributed by atoms with E-state index in [4.69, 9.17) is 0 Å². The largest absolute Gasteiger partial charge is 0.391 e. The van der Waals surface area contributed by atoms with E-state index in [0.29, 0.717) is 11.1 Å². The van der Waals surface area contributed by atoms with Crippen molar-refractivity contribution < 1.29 is 31.4 Å². The molecule has 2 heterocycles. The number of benzene rings is 2. The summed E-state index contributed by atoms with van der Waals surface area (Å²) in [6.07, 6.45) is 0. The normalized spacial score (nSPS) is 22.1. The molecule has 0 radical (unpaired) electrons.